The van der Waals surface area contributed by atoms with Crippen molar-refractivity contribution in [2.24, 2.45) is 5.10 Å². The summed E-state index contributed by atoms with van der Waals surface area (Å²) in [5, 5.41) is 5.24. The highest BCUT2D eigenvalue weighted by Crippen LogP contribution is 2.10. The molecule has 0 saturated carbocycles. The molecule has 0 spiro atoms. The summed E-state index contributed by atoms with van der Waals surface area (Å²) in [5.74, 6) is 0.708. The van der Waals surface area contributed by atoms with Crippen molar-refractivity contribution in [3.63, 3.8) is 0 Å². The summed E-state index contributed by atoms with van der Waals surface area (Å²) in [6.45, 7) is 0. The van der Waals surface area contributed by atoms with Crippen LogP contribution in [0.3, 0.4) is 0 Å². The topological polar surface area (TPSA) is 50.2 Å². The lowest BCUT2D eigenvalue weighted by Gasteiger charge is -1.99. The Balaban J connectivity index is 1.78. The summed E-state index contributed by atoms with van der Waals surface area (Å²) >= 11 is 0. The third-order valence-corrected chi connectivity index (χ3v) is 2.66. The lowest BCUT2D eigenvalue weighted by atomic mass is 10.2. The van der Waals surface area contributed by atoms with Gasteiger partial charge in [0.2, 0.25) is 0 Å². The average molecular weight is 248 g/mol. The predicted molar refractivity (Wildman–Crippen MR) is 77.2 cm³/mol. The van der Waals surface area contributed by atoms with Crippen LogP contribution in [-0.4, -0.2) is 16.2 Å². The van der Waals surface area contributed by atoms with Gasteiger partial charge in [-0.25, -0.2) is 9.97 Å². The van der Waals surface area contributed by atoms with Gasteiger partial charge >= 0.3 is 0 Å². The van der Waals surface area contributed by atoms with Crippen LogP contribution in [0.2, 0.25) is 0 Å². The molecule has 0 saturated heterocycles. The third-order valence-electron chi connectivity index (χ3n) is 2.66. The zero-order valence-electron chi connectivity index (χ0n) is 10.2. The first-order chi connectivity index (χ1) is 9.42. The normalized spacial score (nSPS) is 10.9. The minimum atomic E-state index is 0.708. The van der Waals surface area contributed by atoms with Crippen LogP contribution in [0.4, 0.5) is 5.82 Å². The van der Waals surface area contributed by atoms with Gasteiger partial charge in [-0.1, -0.05) is 30.3 Å². The molecule has 0 aliphatic rings. The number of benzene rings is 1. The standard InChI is InChI=1S/C15H12N4/c1-2-6-14-12(5-1)8-9-13(18-14)11-17-19-15-7-3-4-10-16-15/h1-11H,(H,16,19)/b17-11-. The van der Waals surface area contributed by atoms with E-state index in [0.717, 1.165) is 16.6 Å². The van der Waals surface area contributed by atoms with E-state index >= 15 is 0 Å². The molecule has 1 aromatic carbocycles. The van der Waals surface area contributed by atoms with Crippen molar-refractivity contribution in [2.45, 2.75) is 0 Å². The van der Waals surface area contributed by atoms with Crippen molar-refractivity contribution in [2.75, 3.05) is 5.43 Å². The number of hydrogen-bond acceptors (Lipinski definition) is 4. The van der Waals surface area contributed by atoms with Crippen LogP contribution in [0, 0.1) is 0 Å². The van der Waals surface area contributed by atoms with Crippen LogP contribution < -0.4 is 5.43 Å². The lowest BCUT2D eigenvalue weighted by Crippen LogP contribution is -1.94. The van der Waals surface area contributed by atoms with Crippen molar-refractivity contribution < 1.29 is 0 Å². The summed E-state index contributed by atoms with van der Waals surface area (Å²) in [6.07, 6.45) is 3.40. The SMILES string of the molecule is C(=N/Nc1ccccn1)/c1ccc2ccccc2n1. The molecule has 0 aliphatic heterocycles. The number of aromatic nitrogens is 2. The number of nitrogens with zero attached hydrogens (tertiary/aromatic N) is 3. The average Bonchev–Trinajstić information content (AvgIpc) is 2.48. The quantitative estimate of drug-likeness (QED) is 0.572. The van der Waals surface area contributed by atoms with Gasteiger partial charge in [0.25, 0.3) is 0 Å². The van der Waals surface area contributed by atoms with Gasteiger partial charge in [-0.3, -0.25) is 5.43 Å². The molecule has 1 N–H and O–H groups in total. The first kappa shape index (κ1) is 11.3. The van der Waals surface area contributed by atoms with Gasteiger partial charge in [-0.15, -0.1) is 0 Å². The van der Waals surface area contributed by atoms with E-state index in [0.29, 0.717) is 5.82 Å². The molecule has 92 valence electrons. The molecule has 0 unspecified atom stereocenters. The molecule has 2 heterocycles. The van der Waals surface area contributed by atoms with E-state index in [1.54, 1.807) is 12.4 Å². The molecule has 0 atom stereocenters. The molecule has 0 bridgehead atoms. The van der Waals surface area contributed by atoms with Gasteiger partial charge in [-0.2, -0.15) is 5.10 Å². The summed E-state index contributed by atoms with van der Waals surface area (Å²) < 4.78 is 0. The largest absolute Gasteiger partial charge is 0.261 e. The maximum Gasteiger partial charge on any atom is 0.146 e. The van der Waals surface area contributed by atoms with E-state index in [1.165, 1.54) is 0 Å². The molecule has 19 heavy (non-hydrogen) atoms. The van der Waals surface area contributed by atoms with Crippen molar-refractivity contribution in [3.05, 3.63) is 66.5 Å². The van der Waals surface area contributed by atoms with E-state index in [1.807, 2.05) is 54.6 Å². The summed E-state index contributed by atoms with van der Waals surface area (Å²) in [5.41, 5.74) is 4.63. The highest BCUT2D eigenvalue weighted by molar-refractivity contribution is 5.85. The molecule has 3 rings (SSSR count). The molecule has 0 fully saturated rings. The lowest BCUT2D eigenvalue weighted by molar-refractivity contribution is 1.22. The third kappa shape index (κ3) is 2.74. The molecule has 0 amide bonds. The monoisotopic (exact) mass is 248 g/mol. The Morgan fingerprint density at radius 1 is 0.947 bits per heavy atom. The van der Waals surface area contributed by atoms with Crippen LogP contribution in [0.1, 0.15) is 5.69 Å². The molecular weight excluding hydrogens is 236 g/mol. The van der Waals surface area contributed by atoms with Gasteiger partial charge in [0.05, 0.1) is 17.4 Å². The van der Waals surface area contributed by atoms with Crippen molar-refractivity contribution >= 4 is 22.9 Å². The highest BCUT2D eigenvalue weighted by Gasteiger charge is 1.95. The molecule has 4 nitrogen and oxygen atoms in total. The zero-order valence-corrected chi connectivity index (χ0v) is 10.2. The van der Waals surface area contributed by atoms with Gasteiger partial charge in [0.15, 0.2) is 0 Å². The Kier molecular flexibility index (Phi) is 3.14. The van der Waals surface area contributed by atoms with E-state index in [4.69, 9.17) is 0 Å². The van der Waals surface area contributed by atoms with Gasteiger partial charge in [-0.05, 0) is 24.3 Å². The highest BCUT2D eigenvalue weighted by atomic mass is 15.3. The minimum absolute atomic E-state index is 0.708. The second kappa shape index (κ2) is 5.27. The number of hydrogen-bond donors (Lipinski definition) is 1. The summed E-state index contributed by atoms with van der Waals surface area (Å²) in [4.78, 5) is 8.61. The zero-order chi connectivity index (χ0) is 12.9. The van der Waals surface area contributed by atoms with Crippen molar-refractivity contribution in [3.8, 4) is 0 Å². The smallest absolute Gasteiger partial charge is 0.146 e. The fraction of sp³-hybridized carbons (Fsp3) is 0. The van der Waals surface area contributed by atoms with Crippen LogP contribution in [0.5, 0.6) is 0 Å². The Morgan fingerprint density at radius 3 is 2.74 bits per heavy atom. The maximum absolute atomic E-state index is 4.50. The molecule has 4 heteroatoms. The van der Waals surface area contributed by atoms with Crippen LogP contribution in [0.15, 0.2) is 65.9 Å². The number of pyridine rings is 2. The number of hydrazone groups is 1. The van der Waals surface area contributed by atoms with E-state index in [-0.39, 0.29) is 0 Å². The van der Waals surface area contributed by atoms with Crippen molar-refractivity contribution in [1.82, 2.24) is 9.97 Å². The summed E-state index contributed by atoms with van der Waals surface area (Å²) in [7, 11) is 0. The van der Waals surface area contributed by atoms with Crippen LogP contribution in [0.25, 0.3) is 10.9 Å². The van der Waals surface area contributed by atoms with Gasteiger partial charge < -0.3 is 0 Å². The fourth-order valence-corrected chi connectivity index (χ4v) is 1.75. The Labute approximate surface area is 110 Å². The Morgan fingerprint density at radius 2 is 1.84 bits per heavy atom. The number of anilines is 1. The van der Waals surface area contributed by atoms with Crippen molar-refractivity contribution in [1.29, 1.82) is 0 Å². The van der Waals surface area contributed by atoms with Gasteiger partial charge in [0.1, 0.15) is 5.82 Å². The number of para-hydroxylation sites is 1. The first-order valence-corrected chi connectivity index (χ1v) is 5.98. The molecule has 2 aromatic heterocycles. The van der Waals surface area contributed by atoms with Crippen LogP contribution >= 0.6 is 0 Å². The Hall–Kier alpha value is -2.75. The molecular formula is C15H12N4. The van der Waals surface area contributed by atoms with E-state index < -0.39 is 0 Å². The number of nitrogens with one attached hydrogen (secondary N) is 1. The van der Waals surface area contributed by atoms with Gasteiger partial charge in [0, 0.05) is 11.6 Å². The van der Waals surface area contributed by atoms with E-state index in [2.05, 4.69) is 20.5 Å². The second-order valence-corrected chi connectivity index (χ2v) is 4.01. The number of fused-ring (bicyclic) bond motifs is 1. The predicted octanol–water partition coefficient (Wildman–Crippen LogP) is 3.08. The fourth-order valence-electron chi connectivity index (χ4n) is 1.75. The maximum atomic E-state index is 4.50. The number of rotatable bonds is 3. The molecule has 0 aliphatic carbocycles. The Bertz CT molecular complexity index is 707. The first-order valence-electron chi connectivity index (χ1n) is 5.98. The summed E-state index contributed by atoms with van der Waals surface area (Å²) in [6, 6.07) is 17.6. The molecule has 0 radical (unpaired) electrons. The second-order valence-electron chi connectivity index (χ2n) is 4.01. The van der Waals surface area contributed by atoms with Crippen LogP contribution in [-0.2, 0) is 0 Å². The minimum Gasteiger partial charge on any atom is -0.261 e. The van der Waals surface area contributed by atoms with E-state index in [9.17, 15) is 0 Å². The molecule has 3 aromatic rings.